The lowest BCUT2D eigenvalue weighted by molar-refractivity contribution is 0.354. The van der Waals surface area contributed by atoms with E-state index in [0.29, 0.717) is 0 Å². The summed E-state index contributed by atoms with van der Waals surface area (Å²) in [6.07, 6.45) is 6.91. The van der Waals surface area contributed by atoms with Crippen LogP contribution >= 0.6 is 11.8 Å². The summed E-state index contributed by atoms with van der Waals surface area (Å²) in [6, 6.07) is 0. The highest BCUT2D eigenvalue weighted by molar-refractivity contribution is 8.02. The zero-order valence-corrected chi connectivity index (χ0v) is 6.86. The summed E-state index contributed by atoms with van der Waals surface area (Å²) in [5.74, 6) is 0.885. The minimum absolute atomic E-state index is 0.885. The molecule has 10 heavy (non-hydrogen) atoms. The largest absolute Gasteiger partial charge is 0.313 e. The fourth-order valence-corrected chi connectivity index (χ4v) is 3.89. The lowest BCUT2D eigenvalue weighted by atomic mass is 9.85. The van der Waals surface area contributed by atoms with Crippen molar-refractivity contribution >= 4 is 18.0 Å². The van der Waals surface area contributed by atoms with E-state index in [9.17, 15) is 0 Å². The van der Waals surface area contributed by atoms with E-state index < -0.39 is 0 Å². The lowest BCUT2D eigenvalue weighted by Crippen LogP contribution is -2.43. The summed E-state index contributed by atoms with van der Waals surface area (Å²) in [4.78, 5) is 0. The highest BCUT2D eigenvalue weighted by atomic mass is 32.2. The molecular weight excluding hydrogens is 142 g/mol. The van der Waals surface area contributed by atoms with E-state index in [1.54, 1.807) is 6.21 Å². The van der Waals surface area contributed by atoms with Crippen molar-refractivity contribution in [2.45, 2.75) is 36.2 Å². The van der Waals surface area contributed by atoms with E-state index in [-0.39, 0.29) is 0 Å². The van der Waals surface area contributed by atoms with Crippen LogP contribution in [0, 0.1) is 11.3 Å². The zero-order valence-electron chi connectivity index (χ0n) is 6.05. The molecule has 2 atom stereocenters. The van der Waals surface area contributed by atoms with Crippen molar-refractivity contribution in [3.63, 3.8) is 0 Å². The average Bonchev–Trinajstić information content (AvgIpc) is 2.01. The molecule has 1 saturated carbocycles. The second-order valence-corrected chi connectivity index (χ2v) is 4.73. The minimum atomic E-state index is 0.885. The maximum absolute atomic E-state index is 7.02. The Balaban J connectivity index is 1.92. The van der Waals surface area contributed by atoms with E-state index in [1.165, 1.54) is 19.3 Å². The Hall–Kier alpha value is 0.0200. The molecule has 2 saturated heterocycles. The summed E-state index contributed by atoms with van der Waals surface area (Å²) in [7, 11) is 0. The smallest absolute Gasteiger partial charge is 0.00923 e. The Morgan fingerprint density at radius 2 is 2.10 bits per heavy atom. The monoisotopic (exact) mass is 155 g/mol. The van der Waals surface area contributed by atoms with E-state index in [2.05, 4.69) is 11.8 Å². The molecule has 0 amide bonds. The van der Waals surface area contributed by atoms with Gasteiger partial charge in [-0.2, -0.15) is 11.8 Å². The third kappa shape index (κ3) is 0.895. The van der Waals surface area contributed by atoms with Gasteiger partial charge in [0, 0.05) is 10.5 Å². The van der Waals surface area contributed by atoms with Gasteiger partial charge in [-0.3, -0.25) is 0 Å². The highest BCUT2D eigenvalue weighted by Crippen LogP contribution is 2.52. The van der Waals surface area contributed by atoms with Crippen LogP contribution in [0.3, 0.4) is 0 Å². The molecule has 2 heterocycles. The van der Waals surface area contributed by atoms with Crippen LogP contribution in [0.4, 0.5) is 0 Å². The summed E-state index contributed by atoms with van der Waals surface area (Å²) >= 11 is 2.16. The van der Waals surface area contributed by atoms with Crippen molar-refractivity contribution in [1.82, 2.24) is 0 Å². The van der Waals surface area contributed by atoms with E-state index >= 15 is 0 Å². The molecular formula is C8H13NS. The van der Waals surface area contributed by atoms with Crippen LogP contribution in [0.25, 0.3) is 0 Å². The molecule has 0 aromatic heterocycles. The molecule has 3 fully saturated rings. The van der Waals surface area contributed by atoms with Gasteiger partial charge in [0.2, 0.25) is 0 Å². The van der Waals surface area contributed by atoms with Crippen molar-refractivity contribution in [2.75, 3.05) is 0 Å². The molecule has 2 unspecified atom stereocenters. The molecule has 56 valence electrons. The van der Waals surface area contributed by atoms with Gasteiger partial charge in [-0.1, -0.05) is 6.42 Å². The van der Waals surface area contributed by atoms with Crippen LogP contribution in [0.1, 0.15) is 25.7 Å². The van der Waals surface area contributed by atoms with Crippen molar-refractivity contribution < 1.29 is 0 Å². The first kappa shape index (κ1) is 6.71. The first-order valence-electron chi connectivity index (χ1n) is 4.06. The van der Waals surface area contributed by atoms with Gasteiger partial charge in [0.1, 0.15) is 0 Å². The van der Waals surface area contributed by atoms with Gasteiger partial charge in [0.15, 0.2) is 0 Å². The van der Waals surface area contributed by atoms with Crippen LogP contribution < -0.4 is 0 Å². The Morgan fingerprint density at radius 1 is 1.40 bits per heavy atom. The molecule has 1 aliphatic carbocycles. The Bertz CT molecular complexity index is 132. The molecule has 0 spiro atoms. The van der Waals surface area contributed by atoms with Crippen molar-refractivity contribution in [3.05, 3.63) is 0 Å². The Kier molecular flexibility index (Phi) is 1.73. The number of hydrogen-bond acceptors (Lipinski definition) is 2. The predicted octanol–water partition coefficient (Wildman–Crippen LogP) is 2.31. The number of thioether (sulfide) groups is 1. The maximum atomic E-state index is 7.02. The topological polar surface area (TPSA) is 23.9 Å². The van der Waals surface area contributed by atoms with E-state index in [0.717, 1.165) is 22.8 Å². The SMILES string of the molecule is N=CCC1C2CCCC1S2. The van der Waals surface area contributed by atoms with Crippen LogP contribution in [0.15, 0.2) is 0 Å². The number of hydrogen-bond donors (Lipinski definition) is 1. The summed E-state index contributed by atoms with van der Waals surface area (Å²) in [5.41, 5.74) is 0. The van der Waals surface area contributed by atoms with Crippen molar-refractivity contribution in [1.29, 1.82) is 5.41 Å². The van der Waals surface area contributed by atoms with E-state index in [4.69, 9.17) is 5.41 Å². The molecule has 2 aliphatic heterocycles. The molecule has 3 rings (SSSR count). The van der Waals surface area contributed by atoms with Gasteiger partial charge in [-0.05, 0) is 31.4 Å². The molecule has 0 aromatic rings. The number of fused-ring (bicyclic) bond motifs is 2. The number of nitrogens with one attached hydrogen (secondary N) is 1. The molecule has 1 nitrogen and oxygen atoms in total. The van der Waals surface area contributed by atoms with E-state index in [1.807, 2.05) is 0 Å². The number of rotatable bonds is 2. The first-order chi connectivity index (χ1) is 4.92. The summed E-state index contributed by atoms with van der Waals surface area (Å²) in [6.45, 7) is 0. The standard InChI is InChI=1S/C8H13NS/c9-5-4-6-7-2-1-3-8(6)10-7/h5-9H,1-4H2. The second kappa shape index (κ2) is 2.57. The van der Waals surface area contributed by atoms with Gasteiger partial charge < -0.3 is 5.41 Å². The van der Waals surface area contributed by atoms with Gasteiger partial charge in [0.25, 0.3) is 0 Å². The maximum Gasteiger partial charge on any atom is 0.00923 e. The third-order valence-electron chi connectivity index (χ3n) is 2.67. The second-order valence-electron chi connectivity index (χ2n) is 3.25. The average molecular weight is 155 g/mol. The Morgan fingerprint density at radius 3 is 2.60 bits per heavy atom. The lowest BCUT2D eigenvalue weighted by Gasteiger charge is -2.48. The van der Waals surface area contributed by atoms with Crippen LogP contribution in [-0.4, -0.2) is 16.7 Å². The first-order valence-corrected chi connectivity index (χ1v) is 5.00. The summed E-state index contributed by atoms with van der Waals surface area (Å²) in [5, 5.41) is 8.88. The predicted molar refractivity (Wildman–Crippen MR) is 45.9 cm³/mol. The molecule has 0 aromatic carbocycles. The van der Waals surface area contributed by atoms with Crippen LogP contribution in [0.2, 0.25) is 0 Å². The van der Waals surface area contributed by atoms with Crippen molar-refractivity contribution in [3.8, 4) is 0 Å². The Labute approximate surface area is 66.1 Å². The highest BCUT2D eigenvalue weighted by Gasteiger charge is 2.43. The van der Waals surface area contributed by atoms with Gasteiger partial charge >= 0.3 is 0 Å². The zero-order chi connectivity index (χ0) is 6.97. The fraction of sp³-hybridized carbons (Fsp3) is 0.875. The quantitative estimate of drug-likeness (QED) is 0.608. The van der Waals surface area contributed by atoms with Crippen LogP contribution in [0.5, 0.6) is 0 Å². The molecule has 1 N–H and O–H groups in total. The van der Waals surface area contributed by atoms with Crippen molar-refractivity contribution in [2.24, 2.45) is 5.92 Å². The molecule has 2 bridgehead atoms. The normalized spacial score (nSPS) is 44.2. The van der Waals surface area contributed by atoms with Gasteiger partial charge in [-0.25, -0.2) is 0 Å². The molecule has 3 aliphatic rings. The molecule has 0 radical (unpaired) electrons. The van der Waals surface area contributed by atoms with Gasteiger partial charge in [-0.15, -0.1) is 0 Å². The van der Waals surface area contributed by atoms with Gasteiger partial charge in [0.05, 0.1) is 0 Å². The third-order valence-corrected chi connectivity index (χ3v) is 4.54. The molecule has 2 heteroatoms. The van der Waals surface area contributed by atoms with Crippen LogP contribution in [-0.2, 0) is 0 Å². The fourth-order valence-electron chi connectivity index (χ4n) is 2.10. The minimum Gasteiger partial charge on any atom is -0.313 e. The summed E-state index contributed by atoms with van der Waals surface area (Å²) < 4.78 is 0.